The summed E-state index contributed by atoms with van der Waals surface area (Å²) in [4.78, 5) is 4.53. The Hall–Kier alpha value is -1.00. The number of hydrogen-bond donors (Lipinski definition) is 1. The Morgan fingerprint density at radius 3 is 2.56 bits per heavy atom. The van der Waals surface area contributed by atoms with E-state index in [1.807, 2.05) is 29.7 Å². The average Bonchev–Trinajstić information content (AvgIpc) is 2.54. The molecule has 0 spiro atoms. The van der Waals surface area contributed by atoms with Gasteiger partial charge in [-0.15, -0.1) is 0 Å². The highest BCUT2D eigenvalue weighted by Crippen LogP contribution is 2.34. The number of aryl methyl sites for hydroxylation is 1. The van der Waals surface area contributed by atoms with Gasteiger partial charge in [0.05, 0.1) is 5.02 Å². The minimum Gasteiger partial charge on any atom is -0.383 e. The highest BCUT2D eigenvalue weighted by molar-refractivity contribution is 9.10. The van der Waals surface area contributed by atoms with E-state index in [-0.39, 0.29) is 6.04 Å². The van der Waals surface area contributed by atoms with Gasteiger partial charge in [-0.05, 0) is 32.9 Å². The Bertz CT molecular complexity index is 590. The zero-order valence-electron chi connectivity index (χ0n) is 10.5. The average molecular weight is 329 g/mol. The van der Waals surface area contributed by atoms with Crippen LogP contribution in [0.2, 0.25) is 5.02 Å². The van der Waals surface area contributed by atoms with Crippen molar-refractivity contribution in [2.24, 2.45) is 0 Å². The van der Waals surface area contributed by atoms with Crippen LogP contribution in [-0.2, 0) is 0 Å². The normalized spacial score (nSPS) is 11.2. The smallest absolute Gasteiger partial charge is 0.132 e. The molecule has 0 fully saturated rings. The molecule has 0 saturated carbocycles. The molecule has 1 aromatic carbocycles. The van der Waals surface area contributed by atoms with Crippen LogP contribution < -0.4 is 5.73 Å². The largest absolute Gasteiger partial charge is 0.383 e. The number of benzene rings is 1. The third kappa shape index (κ3) is 2.27. The number of nitrogens with two attached hydrogens (primary N) is 1. The molecule has 0 aliphatic rings. The van der Waals surface area contributed by atoms with Crippen molar-refractivity contribution in [2.45, 2.75) is 26.8 Å². The monoisotopic (exact) mass is 327 g/mol. The van der Waals surface area contributed by atoms with Gasteiger partial charge < -0.3 is 10.3 Å². The highest BCUT2D eigenvalue weighted by Gasteiger charge is 2.17. The topological polar surface area (TPSA) is 43.8 Å². The van der Waals surface area contributed by atoms with Gasteiger partial charge >= 0.3 is 0 Å². The maximum atomic E-state index is 6.24. The molecule has 1 heterocycles. The Kier molecular flexibility index (Phi) is 3.69. The van der Waals surface area contributed by atoms with E-state index in [2.05, 4.69) is 34.8 Å². The van der Waals surface area contributed by atoms with Gasteiger partial charge in [-0.2, -0.15) is 0 Å². The molecule has 0 amide bonds. The molecule has 96 valence electrons. The van der Waals surface area contributed by atoms with E-state index in [4.69, 9.17) is 17.3 Å². The summed E-state index contributed by atoms with van der Waals surface area (Å²) < 4.78 is 2.95. The molecular weight excluding hydrogens is 314 g/mol. The summed E-state index contributed by atoms with van der Waals surface area (Å²) >= 11 is 9.63. The van der Waals surface area contributed by atoms with Crippen molar-refractivity contribution < 1.29 is 0 Å². The van der Waals surface area contributed by atoms with Gasteiger partial charge in [0.1, 0.15) is 17.3 Å². The first kappa shape index (κ1) is 13.4. The highest BCUT2D eigenvalue weighted by atomic mass is 79.9. The van der Waals surface area contributed by atoms with Crippen molar-refractivity contribution in [1.29, 1.82) is 0 Å². The summed E-state index contributed by atoms with van der Waals surface area (Å²) in [5.41, 5.74) is 7.78. The van der Waals surface area contributed by atoms with Crippen LogP contribution in [0.1, 0.15) is 25.7 Å². The second-order valence-corrected chi connectivity index (χ2v) is 5.80. The summed E-state index contributed by atoms with van der Waals surface area (Å²) in [7, 11) is 0. The van der Waals surface area contributed by atoms with Crippen LogP contribution >= 0.6 is 27.5 Å². The van der Waals surface area contributed by atoms with Gasteiger partial charge in [0.25, 0.3) is 0 Å². The molecule has 0 atom stereocenters. The summed E-state index contributed by atoms with van der Waals surface area (Å²) in [6.45, 7) is 6.11. The van der Waals surface area contributed by atoms with Crippen LogP contribution in [0.25, 0.3) is 11.3 Å². The van der Waals surface area contributed by atoms with Gasteiger partial charge in [-0.25, -0.2) is 4.98 Å². The van der Waals surface area contributed by atoms with Gasteiger partial charge in [0.15, 0.2) is 0 Å². The van der Waals surface area contributed by atoms with E-state index in [9.17, 15) is 0 Å². The Balaban J connectivity index is 2.62. The van der Waals surface area contributed by atoms with Crippen LogP contribution in [0.4, 0.5) is 5.82 Å². The first-order valence-electron chi connectivity index (χ1n) is 5.71. The molecule has 0 radical (unpaired) electrons. The number of nitrogens with zero attached hydrogens (tertiary/aromatic N) is 2. The minimum absolute atomic E-state index is 0.278. The SMILES string of the molecule is Cc1nc(-c2ccc(Br)cc2Cl)c(N)n1C(C)C. The van der Waals surface area contributed by atoms with E-state index in [1.165, 1.54) is 0 Å². The molecule has 1 aromatic heterocycles. The summed E-state index contributed by atoms with van der Waals surface area (Å²) in [5.74, 6) is 1.56. The van der Waals surface area contributed by atoms with E-state index >= 15 is 0 Å². The van der Waals surface area contributed by atoms with Gasteiger partial charge in [-0.1, -0.05) is 33.6 Å². The maximum Gasteiger partial charge on any atom is 0.132 e. The molecule has 2 rings (SSSR count). The van der Waals surface area contributed by atoms with E-state index in [0.29, 0.717) is 10.8 Å². The molecule has 2 N–H and O–H groups in total. The van der Waals surface area contributed by atoms with Crippen molar-refractivity contribution in [3.63, 3.8) is 0 Å². The van der Waals surface area contributed by atoms with Gasteiger partial charge in [-0.3, -0.25) is 0 Å². The molecule has 0 bridgehead atoms. The van der Waals surface area contributed by atoms with Crippen LogP contribution in [0, 0.1) is 6.92 Å². The van der Waals surface area contributed by atoms with E-state index in [0.717, 1.165) is 21.6 Å². The minimum atomic E-state index is 0.278. The molecule has 5 heteroatoms. The second-order valence-electron chi connectivity index (χ2n) is 4.48. The zero-order valence-corrected chi connectivity index (χ0v) is 12.9. The van der Waals surface area contributed by atoms with Crippen LogP contribution in [0.5, 0.6) is 0 Å². The van der Waals surface area contributed by atoms with Crippen LogP contribution in [-0.4, -0.2) is 9.55 Å². The van der Waals surface area contributed by atoms with Gasteiger partial charge in [0.2, 0.25) is 0 Å². The predicted octanol–water partition coefficient (Wildman–Crippen LogP) is 4.44. The molecule has 0 aliphatic heterocycles. The molecule has 18 heavy (non-hydrogen) atoms. The first-order chi connectivity index (χ1) is 8.41. The number of anilines is 1. The number of imidazole rings is 1. The number of nitrogen functional groups attached to an aromatic ring is 1. The van der Waals surface area contributed by atoms with Crippen molar-refractivity contribution in [1.82, 2.24) is 9.55 Å². The summed E-state index contributed by atoms with van der Waals surface area (Å²) in [6.07, 6.45) is 0. The predicted molar refractivity (Wildman–Crippen MR) is 79.9 cm³/mol. The Morgan fingerprint density at radius 1 is 1.39 bits per heavy atom. The van der Waals surface area contributed by atoms with Crippen molar-refractivity contribution in [3.05, 3.63) is 33.5 Å². The zero-order chi connectivity index (χ0) is 13.4. The number of hydrogen-bond acceptors (Lipinski definition) is 2. The van der Waals surface area contributed by atoms with Gasteiger partial charge in [0, 0.05) is 16.1 Å². The number of halogens is 2. The van der Waals surface area contributed by atoms with Crippen LogP contribution in [0.3, 0.4) is 0 Å². The lowest BCUT2D eigenvalue weighted by Crippen LogP contribution is -2.07. The second kappa shape index (κ2) is 4.94. The number of aromatic nitrogens is 2. The first-order valence-corrected chi connectivity index (χ1v) is 6.88. The third-order valence-electron chi connectivity index (χ3n) is 2.83. The Morgan fingerprint density at radius 2 is 2.06 bits per heavy atom. The fourth-order valence-corrected chi connectivity index (χ4v) is 2.86. The Labute approximate surface area is 120 Å². The standard InChI is InChI=1S/C13H15BrClN3/c1-7(2)18-8(3)17-12(13(18)16)10-5-4-9(14)6-11(10)15/h4-7H,16H2,1-3H3. The fourth-order valence-electron chi connectivity index (χ4n) is 2.09. The molecule has 2 aromatic rings. The van der Waals surface area contributed by atoms with Crippen molar-refractivity contribution in [3.8, 4) is 11.3 Å². The molecule has 0 unspecified atom stereocenters. The quantitative estimate of drug-likeness (QED) is 0.886. The lowest BCUT2D eigenvalue weighted by molar-refractivity contribution is 0.590. The van der Waals surface area contributed by atoms with Crippen molar-refractivity contribution in [2.75, 3.05) is 5.73 Å². The lowest BCUT2D eigenvalue weighted by atomic mass is 10.1. The molecule has 0 aliphatic carbocycles. The summed E-state index contributed by atoms with van der Waals surface area (Å²) in [5, 5.41) is 0.643. The maximum absolute atomic E-state index is 6.24. The number of rotatable bonds is 2. The molecule has 0 saturated heterocycles. The van der Waals surface area contributed by atoms with E-state index in [1.54, 1.807) is 0 Å². The fraction of sp³-hybridized carbons (Fsp3) is 0.308. The van der Waals surface area contributed by atoms with E-state index < -0.39 is 0 Å². The lowest BCUT2D eigenvalue weighted by Gasteiger charge is -2.11. The summed E-state index contributed by atoms with van der Waals surface area (Å²) in [6, 6.07) is 5.99. The third-order valence-corrected chi connectivity index (χ3v) is 3.63. The molecule has 3 nitrogen and oxygen atoms in total. The molecular formula is C13H15BrClN3. The van der Waals surface area contributed by atoms with Crippen molar-refractivity contribution >= 4 is 33.3 Å². The van der Waals surface area contributed by atoms with Crippen LogP contribution in [0.15, 0.2) is 22.7 Å².